The van der Waals surface area contributed by atoms with Crippen LogP contribution in [0.5, 0.6) is 5.75 Å². The van der Waals surface area contributed by atoms with E-state index < -0.39 is 11.9 Å². The molecule has 154 valence electrons. The lowest BCUT2D eigenvalue weighted by molar-refractivity contribution is -0.139. The van der Waals surface area contributed by atoms with Gasteiger partial charge in [0.25, 0.3) is 0 Å². The average molecular weight is 408 g/mol. The molecule has 1 unspecified atom stereocenters. The lowest BCUT2D eigenvalue weighted by Crippen LogP contribution is -2.25. The van der Waals surface area contributed by atoms with Crippen LogP contribution in [0.3, 0.4) is 0 Å². The van der Waals surface area contributed by atoms with Crippen molar-refractivity contribution in [1.82, 2.24) is 0 Å². The fourth-order valence-electron chi connectivity index (χ4n) is 3.19. The normalized spacial score (nSPS) is 16.0. The van der Waals surface area contributed by atoms with Crippen LogP contribution in [0.15, 0.2) is 71.3 Å². The second-order valence-electron chi connectivity index (χ2n) is 6.60. The SMILES string of the molecule is CCOC(=O)C1=C(C)OC(N)=C(C#N)C1c1ccc(OCc2ccc(F)cc2)cc1. The Morgan fingerprint density at radius 2 is 1.87 bits per heavy atom. The molecule has 2 N–H and O–H groups in total. The van der Waals surface area contributed by atoms with Crippen LogP contribution < -0.4 is 10.5 Å². The standard InChI is InChI=1S/C23H21FN2O4/c1-3-28-23(27)20-14(2)30-22(26)19(12-25)21(20)16-6-10-18(11-7-16)29-13-15-4-8-17(24)9-5-15/h4-11,21H,3,13,26H2,1-2H3. The number of carbonyl (C=O) groups excluding carboxylic acids is 1. The van der Waals surface area contributed by atoms with Crippen LogP contribution in [0.4, 0.5) is 4.39 Å². The first-order valence-electron chi connectivity index (χ1n) is 9.37. The van der Waals surface area contributed by atoms with Gasteiger partial charge < -0.3 is 19.9 Å². The molecule has 0 fully saturated rings. The summed E-state index contributed by atoms with van der Waals surface area (Å²) in [6, 6.07) is 15.1. The zero-order valence-electron chi connectivity index (χ0n) is 16.6. The molecule has 2 aromatic rings. The van der Waals surface area contributed by atoms with Gasteiger partial charge in [0.1, 0.15) is 35.6 Å². The van der Waals surface area contributed by atoms with Crippen LogP contribution >= 0.6 is 0 Å². The lowest BCUT2D eigenvalue weighted by atomic mass is 9.83. The topological polar surface area (TPSA) is 94.6 Å². The average Bonchev–Trinajstić information content (AvgIpc) is 2.73. The molecule has 0 amide bonds. The first-order valence-corrected chi connectivity index (χ1v) is 9.37. The minimum absolute atomic E-state index is 0.0373. The predicted octanol–water partition coefficient (Wildman–Crippen LogP) is 4.05. The number of esters is 1. The Balaban J connectivity index is 1.85. The van der Waals surface area contributed by atoms with E-state index in [9.17, 15) is 14.4 Å². The second-order valence-corrected chi connectivity index (χ2v) is 6.60. The smallest absolute Gasteiger partial charge is 0.338 e. The molecule has 2 aromatic carbocycles. The van der Waals surface area contributed by atoms with Crippen molar-refractivity contribution in [1.29, 1.82) is 5.26 Å². The molecule has 1 aliphatic heterocycles. The molecule has 3 rings (SSSR count). The number of nitrogens with zero attached hydrogens (tertiary/aromatic N) is 1. The van der Waals surface area contributed by atoms with E-state index in [2.05, 4.69) is 0 Å². The number of allylic oxidation sites excluding steroid dienone is 2. The highest BCUT2D eigenvalue weighted by Crippen LogP contribution is 2.40. The van der Waals surface area contributed by atoms with E-state index in [1.807, 2.05) is 6.07 Å². The zero-order chi connectivity index (χ0) is 21.7. The van der Waals surface area contributed by atoms with E-state index in [1.54, 1.807) is 50.2 Å². The van der Waals surface area contributed by atoms with Crippen molar-refractivity contribution < 1.29 is 23.4 Å². The second kappa shape index (κ2) is 9.14. The Bertz CT molecular complexity index is 1030. The molecule has 1 heterocycles. The van der Waals surface area contributed by atoms with Gasteiger partial charge in [-0.3, -0.25) is 0 Å². The number of hydrogen-bond acceptors (Lipinski definition) is 6. The quantitative estimate of drug-likeness (QED) is 0.725. The molecule has 6 nitrogen and oxygen atoms in total. The number of hydrogen-bond donors (Lipinski definition) is 1. The fraction of sp³-hybridized carbons (Fsp3) is 0.217. The Morgan fingerprint density at radius 3 is 2.47 bits per heavy atom. The van der Waals surface area contributed by atoms with Crippen LogP contribution in [0.25, 0.3) is 0 Å². The van der Waals surface area contributed by atoms with Gasteiger partial charge in [0.15, 0.2) is 0 Å². The molecule has 0 radical (unpaired) electrons. The van der Waals surface area contributed by atoms with Crippen molar-refractivity contribution in [2.24, 2.45) is 5.73 Å². The van der Waals surface area contributed by atoms with Crippen molar-refractivity contribution in [2.75, 3.05) is 6.61 Å². The third kappa shape index (κ3) is 4.44. The molecule has 0 aromatic heterocycles. The Morgan fingerprint density at radius 1 is 1.20 bits per heavy atom. The molecule has 0 saturated heterocycles. The predicted molar refractivity (Wildman–Crippen MR) is 107 cm³/mol. The van der Waals surface area contributed by atoms with Gasteiger partial charge in [0.2, 0.25) is 5.88 Å². The molecule has 30 heavy (non-hydrogen) atoms. The highest BCUT2D eigenvalue weighted by atomic mass is 19.1. The van der Waals surface area contributed by atoms with Gasteiger partial charge in [-0.2, -0.15) is 5.26 Å². The summed E-state index contributed by atoms with van der Waals surface area (Å²) >= 11 is 0. The number of rotatable bonds is 6. The molecule has 1 atom stereocenters. The summed E-state index contributed by atoms with van der Waals surface area (Å²) in [5, 5.41) is 9.60. The maximum absolute atomic E-state index is 13.0. The monoisotopic (exact) mass is 408 g/mol. The van der Waals surface area contributed by atoms with Gasteiger partial charge in [0, 0.05) is 0 Å². The van der Waals surface area contributed by atoms with E-state index in [0.29, 0.717) is 17.1 Å². The van der Waals surface area contributed by atoms with Crippen molar-refractivity contribution in [3.63, 3.8) is 0 Å². The summed E-state index contributed by atoms with van der Waals surface area (Å²) in [4.78, 5) is 12.5. The minimum Gasteiger partial charge on any atom is -0.489 e. The van der Waals surface area contributed by atoms with Crippen molar-refractivity contribution in [3.05, 3.63) is 88.3 Å². The molecular weight excluding hydrogens is 387 g/mol. The van der Waals surface area contributed by atoms with Crippen molar-refractivity contribution in [2.45, 2.75) is 26.4 Å². The van der Waals surface area contributed by atoms with Crippen molar-refractivity contribution in [3.8, 4) is 11.8 Å². The summed E-state index contributed by atoms with van der Waals surface area (Å²) in [5.41, 5.74) is 7.78. The van der Waals surface area contributed by atoms with Crippen LogP contribution in [-0.2, 0) is 20.9 Å². The Hall–Kier alpha value is -3.79. The molecule has 0 saturated carbocycles. The number of nitriles is 1. The first kappa shape index (κ1) is 20.9. The molecule has 0 bridgehead atoms. The van der Waals surface area contributed by atoms with Crippen molar-refractivity contribution >= 4 is 5.97 Å². The van der Waals surface area contributed by atoms with Crippen LogP contribution in [0.1, 0.15) is 30.9 Å². The van der Waals surface area contributed by atoms with Crippen LogP contribution in [0.2, 0.25) is 0 Å². The fourth-order valence-corrected chi connectivity index (χ4v) is 3.19. The number of benzene rings is 2. The van der Waals surface area contributed by atoms with Gasteiger partial charge in [-0.1, -0.05) is 24.3 Å². The van der Waals surface area contributed by atoms with E-state index >= 15 is 0 Å². The highest BCUT2D eigenvalue weighted by molar-refractivity contribution is 5.92. The molecule has 0 spiro atoms. The number of ether oxygens (including phenoxy) is 3. The summed E-state index contributed by atoms with van der Waals surface area (Å²) in [5.74, 6) is -0.716. The molecular formula is C23H21FN2O4. The summed E-state index contributed by atoms with van der Waals surface area (Å²) < 4.78 is 29.3. The lowest BCUT2D eigenvalue weighted by Gasteiger charge is -2.26. The first-order chi connectivity index (χ1) is 14.4. The maximum Gasteiger partial charge on any atom is 0.338 e. The van der Waals surface area contributed by atoms with Gasteiger partial charge in [-0.05, 0) is 49.2 Å². The largest absolute Gasteiger partial charge is 0.489 e. The third-order valence-corrected chi connectivity index (χ3v) is 4.63. The van der Waals surface area contributed by atoms with Crippen LogP contribution in [0, 0.1) is 17.1 Å². The maximum atomic E-state index is 13.0. The zero-order valence-corrected chi connectivity index (χ0v) is 16.6. The summed E-state index contributed by atoms with van der Waals surface area (Å²) in [6.07, 6.45) is 0. The van der Waals surface area contributed by atoms with E-state index in [1.165, 1.54) is 12.1 Å². The third-order valence-electron chi connectivity index (χ3n) is 4.63. The number of nitrogens with two attached hydrogens (primary N) is 1. The van der Waals surface area contributed by atoms with Gasteiger partial charge in [-0.15, -0.1) is 0 Å². The van der Waals surface area contributed by atoms with E-state index in [0.717, 1.165) is 5.56 Å². The Kier molecular flexibility index (Phi) is 6.38. The van der Waals surface area contributed by atoms with Crippen LogP contribution in [-0.4, -0.2) is 12.6 Å². The number of carbonyl (C=O) groups is 1. The van der Waals surface area contributed by atoms with E-state index in [-0.39, 0.29) is 36.1 Å². The summed E-state index contributed by atoms with van der Waals surface area (Å²) in [7, 11) is 0. The number of halogens is 1. The minimum atomic E-state index is -0.700. The van der Waals surface area contributed by atoms with Gasteiger partial charge in [0.05, 0.1) is 18.1 Å². The molecule has 7 heteroatoms. The molecule has 0 aliphatic carbocycles. The van der Waals surface area contributed by atoms with Gasteiger partial charge in [-0.25, -0.2) is 9.18 Å². The van der Waals surface area contributed by atoms with E-state index in [4.69, 9.17) is 19.9 Å². The summed E-state index contributed by atoms with van der Waals surface area (Å²) in [6.45, 7) is 3.79. The Labute approximate surface area is 174 Å². The van der Waals surface area contributed by atoms with Gasteiger partial charge >= 0.3 is 5.97 Å². The highest BCUT2D eigenvalue weighted by Gasteiger charge is 2.36. The molecule has 1 aliphatic rings.